The summed E-state index contributed by atoms with van der Waals surface area (Å²) in [6.07, 6.45) is 6.92. The standard InChI is InChI=1S/C21H27FN4OS/c1-14-7-9-15(10-8-14)26(16-11-12-16)19(27)13-28-21-24-23-20(25(21)2)17-5-3-4-6-18(17)22/h3-6,14-16H,7-13H2,1-2H3. The minimum absolute atomic E-state index is 0.197. The van der Waals surface area contributed by atoms with E-state index in [-0.39, 0.29) is 11.7 Å². The number of halogens is 1. The number of nitrogens with zero attached hydrogens (tertiary/aromatic N) is 4. The summed E-state index contributed by atoms with van der Waals surface area (Å²) in [5.74, 6) is 1.48. The van der Waals surface area contributed by atoms with Gasteiger partial charge in [-0.15, -0.1) is 10.2 Å². The van der Waals surface area contributed by atoms with E-state index in [0.717, 1.165) is 31.6 Å². The number of carbonyl (C=O) groups is 1. The third kappa shape index (κ3) is 4.09. The highest BCUT2D eigenvalue weighted by atomic mass is 32.2. The van der Waals surface area contributed by atoms with E-state index in [2.05, 4.69) is 22.0 Å². The van der Waals surface area contributed by atoms with Gasteiger partial charge >= 0.3 is 0 Å². The molecule has 7 heteroatoms. The zero-order valence-corrected chi connectivity index (χ0v) is 17.3. The van der Waals surface area contributed by atoms with Crippen LogP contribution in [0.2, 0.25) is 0 Å². The Morgan fingerprint density at radius 2 is 1.79 bits per heavy atom. The molecule has 2 aromatic rings. The molecule has 0 saturated heterocycles. The summed E-state index contributed by atoms with van der Waals surface area (Å²) in [5.41, 5.74) is 0.423. The molecule has 0 unspecified atom stereocenters. The van der Waals surface area contributed by atoms with Crippen molar-refractivity contribution in [2.45, 2.75) is 62.7 Å². The van der Waals surface area contributed by atoms with E-state index in [9.17, 15) is 9.18 Å². The van der Waals surface area contributed by atoms with Crippen LogP contribution in [0, 0.1) is 11.7 Å². The van der Waals surface area contributed by atoms with Crippen molar-refractivity contribution in [3.63, 3.8) is 0 Å². The second-order valence-electron chi connectivity index (χ2n) is 8.08. The van der Waals surface area contributed by atoms with Crippen molar-refractivity contribution < 1.29 is 9.18 Å². The summed E-state index contributed by atoms with van der Waals surface area (Å²) < 4.78 is 15.8. The molecular weight excluding hydrogens is 375 g/mol. The first-order chi connectivity index (χ1) is 13.5. The van der Waals surface area contributed by atoms with Crippen LogP contribution >= 0.6 is 11.8 Å². The molecular formula is C21H27FN4OS. The van der Waals surface area contributed by atoms with Gasteiger partial charge in [-0.05, 0) is 56.6 Å². The molecule has 2 fully saturated rings. The summed E-state index contributed by atoms with van der Waals surface area (Å²) in [7, 11) is 1.82. The molecule has 0 atom stereocenters. The minimum Gasteiger partial charge on any atom is -0.336 e. The Morgan fingerprint density at radius 1 is 1.14 bits per heavy atom. The fourth-order valence-corrected chi connectivity index (χ4v) is 4.88. The molecule has 4 rings (SSSR count). The topological polar surface area (TPSA) is 51.0 Å². The Hall–Kier alpha value is -1.89. The van der Waals surface area contributed by atoms with E-state index >= 15 is 0 Å². The maximum absolute atomic E-state index is 14.1. The fourth-order valence-electron chi connectivity index (χ4n) is 4.10. The molecule has 0 bridgehead atoms. The van der Waals surface area contributed by atoms with Crippen LogP contribution in [-0.2, 0) is 11.8 Å². The van der Waals surface area contributed by atoms with Crippen LogP contribution in [0.3, 0.4) is 0 Å². The van der Waals surface area contributed by atoms with Gasteiger partial charge in [0.15, 0.2) is 11.0 Å². The Kier molecular flexibility index (Phi) is 5.71. The highest BCUT2D eigenvalue weighted by Gasteiger charge is 2.38. The first kappa shape index (κ1) is 19.4. The van der Waals surface area contributed by atoms with Crippen molar-refractivity contribution >= 4 is 17.7 Å². The zero-order chi connectivity index (χ0) is 19.7. The quantitative estimate of drug-likeness (QED) is 0.677. The van der Waals surface area contributed by atoms with Crippen molar-refractivity contribution in [3.05, 3.63) is 30.1 Å². The van der Waals surface area contributed by atoms with Crippen molar-refractivity contribution in [2.75, 3.05) is 5.75 Å². The van der Waals surface area contributed by atoms with Crippen LogP contribution in [0.25, 0.3) is 11.4 Å². The summed E-state index contributed by atoms with van der Waals surface area (Å²) >= 11 is 1.39. The van der Waals surface area contributed by atoms with Gasteiger partial charge in [-0.1, -0.05) is 30.8 Å². The lowest BCUT2D eigenvalue weighted by Gasteiger charge is -2.36. The molecule has 150 valence electrons. The van der Waals surface area contributed by atoms with Gasteiger partial charge in [0, 0.05) is 19.1 Å². The molecule has 0 spiro atoms. The van der Waals surface area contributed by atoms with Crippen LogP contribution in [-0.4, -0.2) is 43.4 Å². The zero-order valence-electron chi connectivity index (χ0n) is 16.5. The van der Waals surface area contributed by atoms with Crippen LogP contribution in [0.4, 0.5) is 4.39 Å². The largest absolute Gasteiger partial charge is 0.336 e. The normalized spacial score (nSPS) is 22.2. The van der Waals surface area contributed by atoms with Crippen LogP contribution in [0.15, 0.2) is 29.4 Å². The molecule has 28 heavy (non-hydrogen) atoms. The highest BCUT2D eigenvalue weighted by Crippen LogP contribution is 2.36. The van der Waals surface area contributed by atoms with Gasteiger partial charge in [0.05, 0.1) is 11.3 Å². The van der Waals surface area contributed by atoms with Gasteiger partial charge in [-0.3, -0.25) is 4.79 Å². The van der Waals surface area contributed by atoms with Crippen molar-refractivity contribution in [2.24, 2.45) is 13.0 Å². The third-order valence-corrected chi connectivity index (χ3v) is 6.89. The smallest absolute Gasteiger partial charge is 0.233 e. The lowest BCUT2D eigenvalue weighted by Crippen LogP contribution is -2.44. The number of benzene rings is 1. The molecule has 2 saturated carbocycles. The highest BCUT2D eigenvalue weighted by molar-refractivity contribution is 7.99. The van der Waals surface area contributed by atoms with E-state index in [4.69, 9.17) is 0 Å². The van der Waals surface area contributed by atoms with E-state index in [1.54, 1.807) is 22.8 Å². The number of rotatable bonds is 6. The Labute approximate surface area is 169 Å². The van der Waals surface area contributed by atoms with Crippen LogP contribution in [0.1, 0.15) is 45.4 Å². The third-order valence-electron chi connectivity index (χ3n) is 5.88. The summed E-state index contributed by atoms with van der Waals surface area (Å²) in [6, 6.07) is 7.37. The molecule has 1 amide bonds. The number of carbonyl (C=O) groups excluding carboxylic acids is 1. The lowest BCUT2D eigenvalue weighted by atomic mass is 9.86. The predicted molar refractivity (Wildman–Crippen MR) is 108 cm³/mol. The molecule has 2 aliphatic carbocycles. The molecule has 1 aromatic carbocycles. The second kappa shape index (κ2) is 8.23. The molecule has 0 N–H and O–H groups in total. The van der Waals surface area contributed by atoms with Crippen molar-refractivity contribution in [3.8, 4) is 11.4 Å². The van der Waals surface area contributed by atoms with E-state index in [1.807, 2.05) is 7.05 Å². The predicted octanol–water partition coefficient (Wildman–Crippen LogP) is 4.28. The summed E-state index contributed by atoms with van der Waals surface area (Å²) in [4.78, 5) is 15.2. The fraction of sp³-hybridized carbons (Fsp3) is 0.571. The Balaban J connectivity index is 1.42. The average molecular weight is 403 g/mol. The summed E-state index contributed by atoms with van der Waals surface area (Å²) in [6.45, 7) is 2.30. The molecule has 5 nitrogen and oxygen atoms in total. The second-order valence-corrected chi connectivity index (χ2v) is 9.02. The van der Waals surface area contributed by atoms with Crippen molar-refractivity contribution in [1.29, 1.82) is 0 Å². The molecule has 1 aromatic heterocycles. The number of aromatic nitrogens is 3. The molecule has 2 aliphatic rings. The number of amides is 1. The van der Waals surface area contributed by atoms with E-state index in [1.165, 1.54) is 30.7 Å². The molecule has 0 aliphatic heterocycles. The Bertz CT molecular complexity index is 843. The lowest BCUT2D eigenvalue weighted by molar-refractivity contribution is -0.132. The van der Waals surface area contributed by atoms with Crippen LogP contribution in [0.5, 0.6) is 0 Å². The molecule has 1 heterocycles. The SMILES string of the molecule is CC1CCC(N(C(=O)CSc2nnc(-c3ccccc3F)n2C)C2CC2)CC1. The van der Waals surface area contributed by atoms with Gasteiger partial charge < -0.3 is 9.47 Å². The van der Waals surface area contributed by atoms with Gasteiger partial charge in [-0.25, -0.2) is 4.39 Å². The minimum atomic E-state index is -0.322. The average Bonchev–Trinajstić information content (AvgIpc) is 3.45. The van der Waals surface area contributed by atoms with Gasteiger partial charge in [-0.2, -0.15) is 0 Å². The Morgan fingerprint density at radius 3 is 2.43 bits per heavy atom. The number of thioether (sulfide) groups is 1. The summed E-state index contributed by atoms with van der Waals surface area (Å²) in [5, 5.41) is 8.97. The first-order valence-corrected chi connectivity index (χ1v) is 11.1. The number of hydrogen-bond acceptors (Lipinski definition) is 4. The van der Waals surface area contributed by atoms with Crippen LogP contribution < -0.4 is 0 Å². The van der Waals surface area contributed by atoms with Gasteiger partial charge in [0.1, 0.15) is 5.82 Å². The van der Waals surface area contributed by atoms with E-state index < -0.39 is 0 Å². The van der Waals surface area contributed by atoms with Crippen molar-refractivity contribution in [1.82, 2.24) is 19.7 Å². The maximum atomic E-state index is 14.1. The maximum Gasteiger partial charge on any atom is 0.233 e. The van der Waals surface area contributed by atoms with Gasteiger partial charge in [0.2, 0.25) is 5.91 Å². The first-order valence-electron chi connectivity index (χ1n) is 10.1. The monoisotopic (exact) mass is 402 g/mol. The number of hydrogen-bond donors (Lipinski definition) is 0. The van der Waals surface area contributed by atoms with Gasteiger partial charge in [0.25, 0.3) is 0 Å². The van der Waals surface area contributed by atoms with E-state index in [0.29, 0.717) is 34.4 Å². The molecule has 0 radical (unpaired) electrons.